The lowest BCUT2D eigenvalue weighted by Crippen LogP contribution is -2.32. The fraction of sp³-hybridized carbons (Fsp3) is 0.294. The maximum Gasteiger partial charge on any atom is 0.336 e. The van der Waals surface area contributed by atoms with Gasteiger partial charge in [-0.2, -0.15) is 0 Å². The number of hydrogen-bond donors (Lipinski definition) is 2. The van der Waals surface area contributed by atoms with Crippen molar-refractivity contribution in [2.75, 3.05) is 28.3 Å². The molecule has 0 aliphatic carbocycles. The SMILES string of the molecule is [2H]C([2H])([2H])OC(=O)C1=C(C)NC(C)=C(C(=O)OC)C1c1ccccc1[N+](=O)[O-].[2H][13C]([2H])([2H])OC(=O)C1=C(C)NC(C)=C(C(=O)OC)C1c1ccccc1[N+](=O)[O-]. The van der Waals surface area contributed by atoms with Crippen LogP contribution in [0.15, 0.2) is 93.6 Å². The predicted molar refractivity (Wildman–Crippen MR) is 177 cm³/mol. The summed E-state index contributed by atoms with van der Waals surface area (Å²) in [7, 11) is -3.80. The third kappa shape index (κ3) is 7.53. The second kappa shape index (κ2) is 16.2. The first kappa shape index (κ1) is 29.8. The van der Waals surface area contributed by atoms with Crippen LogP contribution in [0.4, 0.5) is 11.4 Å². The number of hydrogen-bond acceptors (Lipinski definition) is 14. The largest absolute Gasteiger partial charge is 0.466 e. The molecular weight excluding hydrogens is 657 g/mol. The zero-order valence-corrected chi connectivity index (χ0v) is 27.6. The molecule has 0 saturated heterocycles. The van der Waals surface area contributed by atoms with Crippen LogP contribution in [-0.2, 0) is 38.1 Å². The summed E-state index contributed by atoms with van der Waals surface area (Å²) in [6, 6.07) is 11.1. The molecule has 2 aliphatic heterocycles. The fourth-order valence-corrected chi connectivity index (χ4v) is 5.82. The number of para-hydroxylation sites is 2. The summed E-state index contributed by atoms with van der Waals surface area (Å²) in [4.78, 5) is 71.8. The normalized spacial score (nSPS) is 19.3. The van der Waals surface area contributed by atoms with Gasteiger partial charge in [-0.25, -0.2) is 19.2 Å². The number of rotatable bonds is 8. The second-order valence-electron chi connectivity index (χ2n) is 10.7. The van der Waals surface area contributed by atoms with Crippen molar-refractivity contribution in [2.45, 2.75) is 39.5 Å². The molecule has 2 aromatic rings. The van der Waals surface area contributed by atoms with E-state index >= 15 is 0 Å². The maximum atomic E-state index is 12.6. The van der Waals surface area contributed by atoms with Crippen molar-refractivity contribution in [3.8, 4) is 0 Å². The van der Waals surface area contributed by atoms with Crippen molar-refractivity contribution in [2.24, 2.45) is 0 Å². The highest BCUT2D eigenvalue weighted by Crippen LogP contribution is 2.43. The van der Waals surface area contributed by atoms with E-state index in [1.54, 1.807) is 13.8 Å². The number of methoxy groups -OCH3 is 4. The Balaban J connectivity index is 0.000000300. The second-order valence-corrected chi connectivity index (χ2v) is 10.7. The minimum absolute atomic E-state index is 0.0330. The van der Waals surface area contributed by atoms with Crippen LogP contribution in [-0.4, -0.2) is 62.0 Å². The predicted octanol–water partition coefficient (Wildman–Crippen LogP) is 4.35. The van der Waals surface area contributed by atoms with E-state index < -0.39 is 59.6 Å². The van der Waals surface area contributed by atoms with Gasteiger partial charge in [0.1, 0.15) is 0 Å². The standard InChI is InChI=1S/2C17H18N2O6/c2*1-9-13(16(20)24-3)15(14(10(2)18-9)17(21)25-4)11-7-5-6-8-12(11)19(22)23/h2*5-8,15,18H,1-4H3/i3+1D3;3D3. The van der Waals surface area contributed by atoms with E-state index in [2.05, 4.69) is 20.1 Å². The van der Waals surface area contributed by atoms with Crippen LogP contribution in [0.25, 0.3) is 0 Å². The molecule has 4 rings (SSSR count). The molecule has 0 saturated carbocycles. The molecule has 0 radical (unpaired) electrons. The van der Waals surface area contributed by atoms with Crippen molar-refractivity contribution < 1.29 is 56.2 Å². The number of nitro benzene ring substituents is 2. The highest BCUT2D eigenvalue weighted by Gasteiger charge is 2.42. The maximum absolute atomic E-state index is 12.6. The fourth-order valence-electron chi connectivity index (χ4n) is 5.82. The highest BCUT2D eigenvalue weighted by atomic mass is 16.6. The molecule has 2 aliphatic rings. The number of esters is 4. The quantitative estimate of drug-likeness (QED) is 0.129. The average molecular weight is 700 g/mol. The van der Waals surface area contributed by atoms with Gasteiger partial charge in [0.2, 0.25) is 0 Å². The minimum Gasteiger partial charge on any atom is -0.466 e. The van der Waals surface area contributed by atoms with Crippen LogP contribution in [0.2, 0.25) is 0 Å². The lowest BCUT2D eigenvalue weighted by Gasteiger charge is -2.29. The summed E-state index contributed by atoms with van der Waals surface area (Å²) < 4.78 is 61.6. The molecule has 2 heterocycles. The summed E-state index contributed by atoms with van der Waals surface area (Å²) in [6.07, 6.45) is 0. The van der Waals surface area contributed by atoms with Gasteiger partial charge >= 0.3 is 23.9 Å². The van der Waals surface area contributed by atoms with Gasteiger partial charge in [-0.15, -0.1) is 0 Å². The number of carbonyl (C=O) groups excluding carboxylic acids is 4. The van der Waals surface area contributed by atoms with E-state index in [1.165, 1.54) is 62.4 Å². The molecule has 2 atom stereocenters. The molecule has 0 aromatic heterocycles. The van der Waals surface area contributed by atoms with Gasteiger partial charge in [0.05, 0.1) is 80.5 Å². The molecule has 0 spiro atoms. The Bertz CT molecular complexity index is 1960. The average Bonchev–Trinajstić information content (AvgIpc) is 3.08. The Labute approximate surface area is 295 Å². The van der Waals surface area contributed by atoms with E-state index in [0.29, 0.717) is 11.4 Å². The molecule has 264 valence electrons. The summed E-state index contributed by atoms with van der Waals surface area (Å²) in [5, 5.41) is 28.7. The molecule has 0 amide bonds. The van der Waals surface area contributed by atoms with Crippen molar-refractivity contribution in [1.29, 1.82) is 0 Å². The third-order valence-electron chi connectivity index (χ3n) is 7.85. The van der Waals surface area contributed by atoms with Gasteiger partial charge in [-0.3, -0.25) is 20.2 Å². The van der Waals surface area contributed by atoms with Crippen molar-refractivity contribution in [3.05, 3.63) is 125 Å². The molecule has 50 heavy (non-hydrogen) atoms. The third-order valence-corrected chi connectivity index (χ3v) is 7.85. The topological polar surface area (TPSA) is 216 Å². The first-order valence-electron chi connectivity index (χ1n) is 17.4. The van der Waals surface area contributed by atoms with Crippen LogP contribution in [0.1, 0.15) is 58.9 Å². The van der Waals surface area contributed by atoms with Crippen molar-refractivity contribution in [3.63, 3.8) is 0 Å². The number of benzene rings is 2. The number of nitrogens with zero attached hydrogens (tertiary/aromatic N) is 2. The van der Waals surface area contributed by atoms with E-state index in [0.717, 1.165) is 14.2 Å². The van der Waals surface area contributed by atoms with Crippen molar-refractivity contribution in [1.82, 2.24) is 10.6 Å². The van der Waals surface area contributed by atoms with Gasteiger partial charge in [0.25, 0.3) is 11.4 Å². The zero-order valence-electron chi connectivity index (χ0n) is 33.6. The summed E-state index contributed by atoms with van der Waals surface area (Å²) in [5.41, 5.74) is -0.115. The van der Waals surface area contributed by atoms with E-state index in [-0.39, 0.29) is 56.2 Å². The monoisotopic (exact) mass is 699 g/mol. The van der Waals surface area contributed by atoms with Gasteiger partial charge in [-0.05, 0) is 27.7 Å². The number of nitrogens with one attached hydrogen (secondary N) is 2. The lowest BCUT2D eigenvalue weighted by atomic mass is 9.79. The number of allylic oxidation sites excluding steroid dienone is 4. The first-order valence-corrected chi connectivity index (χ1v) is 14.4. The Morgan fingerprint density at radius 2 is 0.860 bits per heavy atom. The molecule has 0 bridgehead atoms. The van der Waals surface area contributed by atoms with Crippen molar-refractivity contribution >= 4 is 35.3 Å². The molecule has 2 N–H and O–H groups in total. The lowest BCUT2D eigenvalue weighted by molar-refractivity contribution is -0.385. The molecule has 0 fully saturated rings. The smallest absolute Gasteiger partial charge is 0.336 e. The van der Waals surface area contributed by atoms with Crippen LogP contribution in [0.5, 0.6) is 0 Å². The number of dihydropyridines is 2. The van der Waals surface area contributed by atoms with E-state index in [4.69, 9.17) is 17.7 Å². The Kier molecular flexibility index (Phi) is 9.64. The van der Waals surface area contributed by atoms with Gasteiger partial charge < -0.3 is 29.6 Å². The zero-order chi connectivity index (χ0) is 42.4. The minimum atomic E-state index is -3.03. The first-order chi connectivity index (χ1) is 25.9. The molecular formula is C34H36N4O12. The number of nitro groups is 2. The van der Waals surface area contributed by atoms with E-state index in [9.17, 15) is 39.4 Å². The molecule has 16 nitrogen and oxygen atoms in total. The summed E-state index contributed by atoms with van der Waals surface area (Å²) >= 11 is 0. The Morgan fingerprint density at radius 3 is 1.12 bits per heavy atom. The number of ether oxygens (including phenoxy) is 4. The molecule has 16 heteroatoms. The summed E-state index contributed by atoms with van der Waals surface area (Å²) in [5.74, 6) is -6.57. The van der Waals surface area contributed by atoms with Crippen LogP contribution < -0.4 is 10.6 Å². The molecule has 2 unspecified atom stereocenters. The summed E-state index contributed by atoms with van der Waals surface area (Å²) in [6.45, 7) is 6.05. The van der Waals surface area contributed by atoms with Gasteiger partial charge in [-0.1, -0.05) is 36.4 Å². The van der Waals surface area contributed by atoms with Crippen LogP contribution in [0.3, 0.4) is 0 Å². The van der Waals surface area contributed by atoms with Gasteiger partial charge in [0, 0.05) is 46.0 Å². The van der Waals surface area contributed by atoms with Crippen LogP contribution in [0, 0.1) is 20.2 Å². The number of carbonyl (C=O) groups is 4. The van der Waals surface area contributed by atoms with Crippen LogP contribution >= 0.6 is 0 Å². The molecule has 2 aromatic carbocycles. The highest BCUT2D eigenvalue weighted by molar-refractivity contribution is 6.01. The van der Waals surface area contributed by atoms with Gasteiger partial charge in [0.15, 0.2) is 0 Å². The van der Waals surface area contributed by atoms with E-state index in [1.807, 2.05) is 0 Å². The Morgan fingerprint density at radius 1 is 0.580 bits per heavy atom. The Hall–Kier alpha value is -6.32.